The first-order chi connectivity index (χ1) is 17.2. The average Bonchev–Trinajstić information content (AvgIpc) is 2.85. The monoisotopic (exact) mass is 498 g/mol. The van der Waals surface area contributed by atoms with Gasteiger partial charge in [-0.25, -0.2) is 4.79 Å². The number of benzene rings is 2. The van der Waals surface area contributed by atoms with Gasteiger partial charge in [-0.3, -0.25) is 9.59 Å². The molecular weight excluding hydrogens is 464 g/mol. The van der Waals surface area contributed by atoms with Gasteiger partial charge in [-0.2, -0.15) is 0 Å². The number of phenolic OH excluding ortho intramolecular Hbond substituents is 2. The number of carboxylic acid groups (broad SMARTS) is 1. The van der Waals surface area contributed by atoms with Crippen molar-refractivity contribution < 1.29 is 29.7 Å². The van der Waals surface area contributed by atoms with Gasteiger partial charge in [0.2, 0.25) is 11.8 Å². The van der Waals surface area contributed by atoms with Crippen LogP contribution in [0.1, 0.15) is 24.0 Å². The third-order valence-electron chi connectivity index (χ3n) is 6.63. The lowest BCUT2D eigenvalue weighted by molar-refractivity contribution is -0.150. The molecule has 0 saturated heterocycles. The van der Waals surface area contributed by atoms with E-state index >= 15 is 0 Å². The number of nitrogens with one attached hydrogen (secondary N) is 3. The molecule has 0 radical (unpaired) electrons. The third kappa shape index (κ3) is 6.13. The Bertz CT molecular complexity index is 1120. The van der Waals surface area contributed by atoms with E-state index in [1.54, 1.807) is 38.4 Å². The van der Waals surface area contributed by atoms with E-state index in [2.05, 4.69) is 16.0 Å². The number of hydrogen-bond acceptors (Lipinski definition) is 7. The second kappa shape index (κ2) is 11.9. The van der Waals surface area contributed by atoms with Crippen LogP contribution in [-0.4, -0.2) is 83.8 Å². The van der Waals surface area contributed by atoms with Gasteiger partial charge in [0, 0.05) is 19.9 Å². The van der Waals surface area contributed by atoms with Crippen molar-refractivity contribution in [3.8, 4) is 22.6 Å². The quantitative estimate of drug-likeness (QED) is 0.321. The molecule has 0 aliphatic carbocycles. The predicted molar refractivity (Wildman–Crippen MR) is 135 cm³/mol. The highest BCUT2D eigenvalue weighted by molar-refractivity contribution is 5.92. The number of carboxylic acids is 1. The van der Waals surface area contributed by atoms with Crippen molar-refractivity contribution in [2.24, 2.45) is 0 Å². The first-order valence-electron chi connectivity index (χ1n) is 11.9. The summed E-state index contributed by atoms with van der Waals surface area (Å²) < 4.78 is 0. The molecule has 1 heterocycles. The summed E-state index contributed by atoms with van der Waals surface area (Å²) in [7, 11) is 4.80. The number of rotatable bonds is 6. The van der Waals surface area contributed by atoms with Crippen molar-refractivity contribution in [2.45, 2.75) is 43.8 Å². The minimum Gasteiger partial charge on any atom is -0.508 e. The van der Waals surface area contributed by atoms with Gasteiger partial charge in [0.15, 0.2) is 0 Å². The van der Waals surface area contributed by atoms with E-state index < -0.39 is 35.9 Å². The highest BCUT2D eigenvalue weighted by atomic mass is 16.4. The summed E-state index contributed by atoms with van der Waals surface area (Å²) in [5.74, 6) is -2.24. The summed E-state index contributed by atoms with van der Waals surface area (Å²) in [6.07, 6.45) is 0.922. The highest BCUT2D eigenvalue weighted by Crippen LogP contribution is 2.31. The molecule has 0 unspecified atom stereocenters. The SMILES string of the molecule is CNCCC[C@@H]1NC(=O)[C@@H](NC)Cc2cc(ccc2O)-c2ccc(O)c(c2)C[C@@H](C(=O)O)N(C)C1=O. The van der Waals surface area contributed by atoms with Gasteiger partial charge in [0.25, 0.3) is 0 Å². The van der Waals surface area contributed by atoms with Gasteiger partial charge in [0.1, 0.15) is 23.6 Å². The van der Waals surface area contributed by atoms with E-state index in [9.17, 15) is 29.7 Å². The minimum absolute atomic E-state index is 0.0300. The van der Waals surface area contributed by atoms with Crippen LogP contribution in [0.2, 0.25) is 0 Å². The molecule has 0 saturated carbocycles. The number of likely N-dealkylation sites (N-methyl/N-ethyl adjacent to an activating group) is 2. The third-order valence-corrected chi connectivity index (χ3v) is 6.63. The van der Waals surface area contributed by atoms with Crippen LogP contribution in [0.5, 0.6) is 11.5 Å². The van der Waals surface area contributed by atoms with E-state index in [1.807, 2.05) is 0 Å². The second-order valence-electron chi connectivity index (χ2n) is 9.05. The van der Waals surface area contributed by atoms with Crippen LogP contribution in [-0.2, 0) is 27.2 Å². The zero-order valence-electron chi connectivity index (χ0n) is 20.7. The molecular formula is C26H34N4O6. The zero-order valence-corrected chi connectivity index (χ0v) is 20.7. The largest absolute Gasteiger partial charge is 0.508 e. The molecule has 0 spiro atoms. The fraction of sp³-hybridized carbons (Fsp3) is 0.423. The van der Waals surface area contributed by atoms with Gasteiger partial charge in [0.05, 0.1) is 6.04 Å². The molecule has 1 aliphatic heterocycles. The standard InChI is InChI=1S/C26H34N4O6/c1-27-10-4-5-19-25(34)30(3)21(26(35)36)14-18-12-16(7-9-23(18)32)15-6-8-22(31)17(11-15)13-20(28-2)24(33)29-19/h6-9,11-12,19-21,27-28,31-32H,4-5,10,13-14H2,1-3H3,(H,29,33)(H,35,36)/t19-,20-,21-/m0/s1. The van der Waals surface area contributed by atoms with Gasteiger partial charge in [-0.15, -0.1) is 0 Å². The number of nitrogens with zero attached hydrogens (tertiary/aromatic N) is 1. The van der Waals surface area contributed by atoms with Crippen molar-refractivity contribution in [1.82, 2.24) is 20.9 Å². The Hall–Kier alpha value is -3.63. The lowest BCUT2D eigenvalue weighted by atomic mass is 9.95. The summed E-state index contributed by atoms with van der Waals surface area (Å²) in [5.41, 5.74) is 2.33. The zero-order chi connectivity index (χ0) is 26.4. The van der Waals surface area contributed by atoms with Crippen LogP contribution in [0, 0.1) is 0 Å². The molecule has 6 N–H and O–H groups in total. The molecule has 0 aromatic heterocycles. The maximum absolute atomic E-state index is 13.5. The van der Waals surface area contributed by atoms with E-state index in [1.165, 1.54) is 19.2 Å². The maximum atomic E-state index is 13.5. The number of carbonyl (C=O) groups is 3. The van der Waals surface area contributed by atoms with Crippen molar-refractivity contribution in [3.05, 3.63) is 47.5 Å². The van der Waals surface area contributed by atoms with Crippen LogP contribution in [0.3, 0.4) is 0 Å². The summed E-state index contributed by atoms with van der Waals surface area (Å²) in [6, 6.07) is 6.92. The molecule has 10 nitrogen and oxygen atoms in total. The summed E-state index contributed by atoms with van der Waals surface area (Å²) in [4.78, 5) is 40.0. The van der Waals surface area contributed by atoms with Crippen molar-refractivity contribution in [2.75, 3.05) is 27.7 Å². The molecule has 194 valence electrons. The highest BCUT2D eigenvalue weighted by Gasteiger charge is 2.34. The number of hydrogen-bond donors (Lipinski definition) is 6. The lowest BCUT2D eigenvalue weighted by Gasteiger charge is -2.30. The second-order valence-corrected chi connectivity index (χ2v) is 9.05. The number of aromatic hydroxyl groups is 2. The van der Waals surface area contributed by atoms with Crippen LogP contribution in [0.4, 0.5) is 0 Å². The Labute approximate surface area is 210 Å². The van der Waals surface area contributed by atoms with Gasteiger partial charge in [-0.05, 0) is 80.0 Å². The summed E-state index contributed by atoms with van der Waals surface area (Å²) in [5, 5.41) is 39.7. The van der Waals surface area contributed by atoms with E-state index in [-0.39, 0.29) is 24.3 Å². The van der Waals surface area contributed by atoms with E-state index in [4.69, 9.17) is 0 Å². The van der Waals surface area contributed by atoms with Crippen LogP contribution in [0.25, 0.3) is 11.1 Å². The molecule has 36 heavy (non-hydrogen) atoms. The molecule has 2 amide bonds. The number of amides is 2. The first kappa shape index (κ1) is 27.0. The molecule has 3 atom stereocenters. The van der Waals surface area contributed by atoms with Crippen LogP contribution < -0.4 is 16.0 Å². The first-order valence-corrected chi connectivity index (χ1v) is 11.9. The number of carbonyl (C=O) groups excluding carboxylic acids is 2. The number of phenols is 2. The Balaban J connectivity index is 2.13. The molecule has 2 aromatic carbocycles. The molecule has 3 rings (SSSR count). The molecule has 10 heteroatoms. The Morgan fingerprint density at radius 3 is 2.14 bits per heavy atom. The van der Waals surface area contributed by atoms with Gasteiger partial charge >= 0.3 is 5.97 Å². The summed E-state index contributed by atoms with van der Waals surface area (Å²) in [6.45, 7) is 0.614. The molecule has 1 aliphatic rings. The fourth-order valence-electron chi connectivity index (χ4n) is 4.41. The molecule has 4 bridgehead atoms. The van der Waals surface area contributed by atoms with Crippen LogP contribution in [0.15, 0.2) is 36.4 Å². The minimum atomic E-state index is -1.26. The normalized spacial score (nSPS) is 20.9. The van der Waals surface area contributed by atoms with Gasteiger partial charge in [-0.1, -0.05) is 12.1 Å². The van der Waals surface area contributed by atoms with Gasteiger partial charge < -0.3 is 36.2 Å². The topological polar surface area (TPSA) is 151 Å². The predicted octanol–water partition coefficient (Wildman–Crippen LogP) is 0.847. The lowest BCUT2D eigenvalue weighted by Crippen LogP contribution is -2.56. The average molecular weight is 499 g/mol. The van der Waals surface area contributed by atoms with Crippen molar-refractivity contribution >= 4 is 17.8 Å². The Morgan fingerprint density at radius 2 is 1.61 bits per heavy atom. The summed E-state index contributed by atoms with van der Waals surface area (Å²) >= 11 is 0. The van der Waals surface area contributed by atoms with Crippen molar-refractivity contribution in [3.63, 3.8) is 0 Å². The molecule has 2 aromatic rings. The Morgan fingerprint density at radius 1 is 1.03 bits per heavy atom. The van der Waals surface area contributed by atoms with E-state index in [0.717, 1.165) is 10.5 Å². The fourth-order valence-corrected chi connectivity index (χ4v) is 4.41. The molecule has 0 fully saturated rings. The Kier molecular flexibility index (Phi) is 8.89. The number of aliphatic carboxylic acids is 1. The van der Waals surface area contributed by atoms with E-state index in [0.29, 0.717) is 36.1 Å². The smallest absolute Gasteiger partial charge is 0.326 e. The number of fused-ring (bicyclic) bond motifs is 5. The van der Waals surface area contributed by atoms with Crippen molar-refractivity contribution in [1.29, 1.82) is 0 Å². The maximum Gasteiger partial charge on any atom is 0.326 e. The van der Waals surface area contributed by atoms with Crippen LogP contribution >= 0.6 is 0 Å².